The van der Waals surface area contributed by atoms with Crippen molar-refractivity contribution in [2.45, 2.75) is 32.7 Å². The second-order valence-corrected chi connectivity index (χ2v) is 6.52. The molecular formula is C15H21Cl3N2O. The number of benzene rings is 1. The molecule has 1 aromatic rings. The maximum atomic E-state index is 12.4. The van der Waals surface area contributed by atoms with Crippen LogP contribution < -0.4 is 10.6 Å². The Balaban J connectivity index is 0.00000220. The lowest BCUT2D eigenvalue weighted by Gasteiger charge is -2.33. The fourth-order valence-corrected chi connectivity index (χ4v) is 2.79. The fraction of sp³-hybridized carbons (Fsp3) is 0.533. The minimum atomic E-state index is -0.331. The number of rotatable bonds is 3. The topological polar surface area (TPSA) is 41.1 Å². The molecule has 1 aliphatic rings. The van der Waals surface area contributed by atoms with Gasteiger partial charge < -0.3 is 10.6 Å². The molecule has 2 rings (SSSR count). The number of halogens is 3. The summed E-state index contributed by atoms with van der Waals surface area (Å²) in [5.41, 5.74) is 0.628. The quantitative estimate of drug-likeness (QED) is 0.864. The molecule has 1 saturated heterocycles. The van der Waals surface area contributed by atoms with E-state index in [9.17, 15) is 4.79 Å². The third-order valence-electron chi connectivity index (χ3n) is 3.94. The van der Waals surface area contributed by atoms with Crippen LogP contribution in [0, 0.1) is 5.41 Å². The summed E-state index contributed by atoms with van der Waals surface area (Å²) in [6.07, 6.45) is 1.95. The van der Waals surface area contributed by atoms with Gasteiger partial charge in [0.15, 0.2) is 0 Å². The molecule has 2 unspecified atom stereocenters. The first-order chi connectivity index (χ1) is 9.42. The molecule has 1 amide bonds. The zero-order chi connectivity index (χ0) is 14.8. The highest BCUT2D eigenvalue weighted by Crippen LogP contribution is 2.28. The van der Waals surface area contributed by atoms with Crippen molar-refractivity contribution >= 4 is 41.5 Å². The van der Waals surface area contributed by atoms with Crippen molar-refractivity contribution in [1.82, 2.24) is 10.6 Å². The summed E-state index contributed by atoms with van der Waals surface area (Å²) in [6, 6.07) is 5.36. The van der Waals surface area contributed by atoms with Crippen molar-refractivity contribution in [3.8, 4) is 0 Å². The van der Waals surface area contributed by atoms with E-state index < -0.39 is 0 Å². The Kier molecular flexibility index (Phi) is 6.79. The van der Waals surface area contributed by atoms with Gasteiger partial charge in [-0.05, 0) is 50.9 Å². The maximum Gasteiger partial charge on any atom is 0.227 e. The van der Waals surface area contributed by atoms with Crippen LogP contribution in [0.5, 0.6) is 0 Å². The Morgan fingerprint density at radius 2 is 2.10 bits per heavy atom. The number of carbonyl (C=O) groups excluding carboxylic acids is 1. The van der Waals surface area contributed by atoms with Gasteiger partial charge in [0.2, 0.25) is 5.91 Å². The van der Waals surface area contributed by atoms with Crippen LogP contribution in [-0.4, -0.2) is 19.0 Å². The molecule has 0 radical (unpaired) electrons. The number of hydrogen-bond donors (Lipinski definition) is 2. The van der Waals surface area contributed by atoms with Crippen molar-refractivity contribution < 1.29 is 4.79 Å². The molecule has 21 heavy (non-hydrogen) atoms. The molecule has 1 fully saturated rings. The first-order valence-electron chi connectivity index (χ1n) is 6.89. The van der Waals surface area contributed by atoms with Gasteiger partial charge in [-0.2, -0.15) is 0 Å². The van der Waals surface area contributed by atoms with E-state index in [2.05, 4.69) is 10.6 Å². The van der Waals surface area contributed by atoms with Crippen molar-refractivity contribution in [3.05, 3.63) is 33.8 Å². The van der Waals surface area contributed by atoms with E-state index in [1.807, 2.05) is 19.9 Å². The maximum absolute atomic E-state index is 12.4. The van der Waals surface area contributed by atoms with Gasteiger partial charge in [-0.25, -0.2) is 0 Å². The average Bonchev–Trinajstić information content (AvgIpc) is 2.42. The van der Waals surface area contributed by atoms with Gasteiger partial charge >= 0.3 is 0 Å². The van der Waals surface area contributed by atoms with Crippen LogP contribution in [0.2, 0.25) is 10.0 Å². The zero-order valence-electron chi connectivity index (χ0n) is 12.2. The van der Waals surface area contributed by atoms with Crippen molar-refractivity contribution in [2.24, 2.45) is 5.41 Å². The van der Waals surface area contributed by atoms with Crippen LogP contribution in [0.3, 0.4) is 0 Å². The molecule has 0 aliphatic carbocycles. The Labute approximate surface area is 142 Å². The molecule has 0 aromatic heterocycles. The van der Waals surface area contributed by atoms with Gasteiger partial charge in [-0.3, -0.25) is 4.79 Å². The summed E-state index contributed by atoms with van der Waals surface area (Å²) < 4.78 is 0. The largest absolute Gasteiger partial charge is 0.349 e. The van der Waals surface area contributed by atoms with E-state index >= 15 is 0 Å². The molecule has 1 aromatic carbocycles. The standard InChI is InChI=1S/C15H20Cl2N2O.ClH/c1-10(11-4-5-12(16)13(17)8-11)19-14(20)15(2)6-3-7-18-9-15;/h4-5,8,10,18H,3,6-7,9H2,1-2H3,(H,19,20);1H. The Bertz CT molecular complexity index is 502. The molecule has 0 saturated carbocycles. The van der Waals surface area contributed by atoms with Crippen LogP contribution in [0.4, 0.5) is 0 Å². The molecule has 2 N–H and O–H groups in total. The summed E-state index contributed by atoms with van der Waals surface area (Å²) in [6.45, 7) is 5.69. The van der Waals surface area contributed by atoms with Gasteiger partial charge in [0.1, 0.15) is 0 Å². The molecule has 0 spiro atoms. The summed E-state index contributed by atoms with van der Waals surface area (Å²) >= 11 is 11.9. The molecule has 1 aliphatic heterocycles. The number of piperidine rings is 1. The highest BCUT2D eigenvalue weighted by molar-refractivity contribution is 6.42. The molecule has 0 bridgehead atoms. The Morgan fingerprint density at radius 1 is 1.38 bits per heavy atom. The van der Waals surface area contributed by atoms with Crippen molar-refractivity contribution in [1.29, 1.82) is 0 Å². The third kappa shape index (κ3) is 4.49. The van der Waals surface area contributed by atoms with Crippen molar-refractivity contribution in [2.75, 3.05) is 13.1 Å². The van der Waals surface area contributed by atoms with Gasteiger partial charge in [0.05, 0.1) is 21.5 Å². The Hall–Kier alpha value is -0.480. The normalized spacial score (nSPS) is 23.0. The van der Waals surface area contributed by atoms with E-state index in [4.69, 9.17) is 23.2 Å². The minimum Gasteiger partial charge on any atom is -0.349 e. The van der Waals surface area contributed by atoms with Crippen LogP contribution in [0.1, 0.15) is 38.3 Å². The summed E-state index contributed by atoms with van der Waals surface area (Å²) in [4.78, 5) is 12.4. The monoisotopic (exact) mass is 350 g/mol. The second kappa shape index (κ2) is 7.68. The lowest BCUT2D eigenvalue weighted by molar-refractivity contribution is -0.131. The third-order valence-corrected chi connectivity index (χ3v) is 4.68. The number of hydrogen-bond acceptors (Lipinski definition) is 2. The minimum absolute atomic E-state index is 0. The van der Waals surface area contributed by atoms with E-state index in [1.165, 1.54) is 0 Å². The number of amides is 1. The predicted octanol–water partition coefficient (Wildman–Crippen LogP) is 3.98. The van der Waals surface area contributed by atoms with Crippen molar-refractivity contribution in [3.63, 3.8) is 0 Å². The number of carbonyl (C=O) groups is 1. The van der Waals surface area contributed by atoms with Gasteiger partial charge in [-0.15, -0.1) is 12.4 Å². The number of nitrogens with one attached hydrogen (secondary N) is 2. The van der Waals surface area contributed by atoms with Gasteiger partial charge in [-0.1, -0.05) is 29.3 Å². The highest BCUT2D eigenvalue weighted by Gasteiger charge is 2.35. The van der Waals surface area contributed by atoms with E-state index in [1.54, 1.807) is 12.1 Å². The fourth-order valence-electron chi connectivity index (χ4n) is 2.49. The lowest BCUT2D eigenvalue weighted by atomic mass is 9.81. The van der Waals surface area contributed by atoms with Gasteiger partial charge in [0, 0.05) is 6.54 Å². The predicted molar refractivity (Wildman–Crippen MR) is 90.5 cm³/mol. The molecule has 118 valence electrons. The first kappa shape index (κ1) is 18.6. The smallest absolute Gasteiger partial charge is 0.227 e. The SMILES string of the molecule is CC(NC(=O)C1(C)CCCNC1)c1ccc(Cl)c(Cl)c1.Cl. The van der Waals surface area contributed by atoms with E-state index in [-0.39, 0.29) is 29.8 Å². The lowest BCUT2D eigenvalue weighted by Crippen LogP contribution is -2.49. The molecular weight excluding hydrogens is 331 g/mol. The summed E-state index contributed by atoms with van der Waals surface area (Å²) in [5, 5.41) is 7.39. The summed E-state index contributed by atoms with van der Waals surface area (Å²) in [7, 11) is 0. The molecule has 6 heteroatoms. The highest BCUT2D eigenvalue weighted by atomic mass is 35.5. The van der Waals surface area contributed by atoms with Crippen LogP contribution in [0.25, 0.3) is 0 Å². The van der Waals surface area contributed by atoms with E-state index in [0.717, 1.165) is 31.5 Å². The average molecular weight is 352 g/mol. The van der Waals surface area contributed by atoms with Crippen LogP contribution in [0.15, 0.2) is 18.2 Å². The van der Waals surface area contributed by atoms with Crippen LogP contribution in [-0.2, 0) is 4.79 Å². The van der Waals surface area contributed by atoms with Gasteiger partial charge in [0.25, 0.3) is 0 Å². The van der Waals surface area contributed by atoms with E-state index in [0.29, 0.717) is 10.0 Å². The van der Waals surface area contributed by atoms with Crippen LogP contribution >= 0.6 is 35.6 Å². The first-order valence-corrected chi connectivity index (χ1v) is 7.64. The second-order valence-electron chi connectivity index (χ2n) is 5.71. The Morgan fingerprint density at radius 3 is 2.67 bits per heavy atom. The molecule has 1 heterocycles. The molecule has 3 nitrogen and oxygen atoms in total. The summed E-state index contributed by atoms with van der Waals surface area (Å²) in [5.74, 6) is 0.0864. The zero-order valence-corrected chi connectivity index (χ0v) is 14.5. The molecule has 2 atom stereocenters.